The van der Waals surface area contributed by atoms with Gasteiger partial charge in [-0.1, -0.05) is 0 Å². The standard InChI is InChI=1S/C25H31N3O5/c1-18(2)28(25(30)22-11-10-20(31-4)14-23(22)32-5)17-24(29)27(16-21-9-7-13-33-21)15-19-8-6-12-26(19)3/h6-14,18H,15-17H2,1-5H3. The maximum absolute atomic E-state index is 13.4. The third kappa shape index (κ3) is 5.77. The van der Waals surface area contributed by atoms with Crippen molar-refractivity contribution in [1.82, 2.24) is 14.4 Å². The highest BCUT2D eigenvalue weighted by Gasteiger charge is 2.27. The minimum absolute atomic E-state index is 0.0726. The van der Waals surface area contributed by atoms with Crippen LogP contribution in [0.15, 0.2) is 59.3 Å². The highest BCUT2D eigenvalue weighted by Crippen LogP contribution is 2.26. The largest absolute Gasteiger partial charge is 0.497 e. The van der Waals surface area contributed by atoms with Crippen LogP contribution in [0.3, 0.4) is 0 Å². The molecule has 33 heavy (non-hydrogen) atoms. The number of carbonyl (C=O) groups excluding carboxylic acids is 2. The molecule has 0 saturated heterocycles. The van der Waals surface area contributed by atoms with Crippen molar-refractivity contribution in [2.24, 2.45) is 7.05 Å². The van der Waals surface area contributed by atoms with Gasteiger partial charge in [-0.05, 0) is 50.2 Å². The number of furan rings is 1. The molecule has 0 aliphatic rings. The second-order valence-corrected chi connectivity index (χ2v) is 8.03. The fraction of sp³-hybridized carbons (Fsp3) is 0.360. The van der Waals surface area contributed by atoms with Gasteiger partial charge in [-0.3, -0.25) is 9.59 Å². The highest BCUT2D eigenvalue weighted by molar-refractivity contribution is 5.99. The maximum Gasteiger partial charge on any atom is 0.258 e. The zero-order valence-corrected chi connectivity index (χ0v) is 19.8. The summed E-state index contributed by atoms with van der Waals surface area (Å²) in [6, 6.07) is 12.3. The maximum atomic E-state index is 13.4. The lowest BCUT2D eigenvalue weighted by atomic mass is 10.1. The van der Waals surface area contributed by atoms with Crippen LogP contribution in [0.4, 0.5) is 0 Å². The van der Waals surface area contributed by atoms with Crippen molar-refractivity contribution in [3.63, 3.8) is 0 Å². The number of rotatable bonds is 10. The number of carbonyl (C=O) groups is 2. The lowest BCUT2D eigenvalue weighted by molar-refractivity contribution is -0.133. The van der Waals surface area contributed by atoms with Gasteiger partial charge in [-0.15, -0.1) is 0 Å². The van der Waals surface area contributed by atoms with Gasteiger partial charge in [0.25, 0.3) is 5.91 Å². The number of methoxy groups -OCH3 is 2. The molecule has 0 aliphatic heterocycles. The van der Waals surface area contributed by atoms with Crippen LogP contribution in [0.25, 0.3) is 0 Å². The van der Waals surface area contributed by atoms with E-state index in [2.05, 4.69) is 0 Å². The summed E-state index contributed by atoms with van der Waals surface area (Å²) in [6.45, 7) is 4.40. The quantitative estimate of drug-likeness (QED) is 0.468. The number of amides is 2. The van der Waals surface area contributed by atoms with E-state index in [0.29, 0.717) is 35.9 Å². The lowest BCUT2D eigenvalue weighted by Crippen LogP contribution is -2.45. The molecule has 3 aromatic rings. The molecule has 2 aromatic heterocycles. The van der Waals surface area contributed by atoms with Gasteiger partial charge in [0.1, 0.15) is 23.8 Å². The Labute approximate surface area is 194 Å². The number of ether oxygens (including phenoxy) is 2. The van der Waals surface area contributed by atoms with Gasteiger partial charge < -0.3 is 28.3 Å². The van der Waals surface area contributed by atoms with Gasteiger partial charge >= 0.3 is 0 Å². The Hall–Kier alpha value is -3.68. The molecule has 0 unspecified atom stereocenters. The minimum Gasteiger partial charge on any atom is -0.497 e. The van der Waals surface area contributed by atoms with Crippen molar-refractivity contribution in [3.8, 4) is 11.5 Å². The second-order valence-electron chi connectivity index (χ2n) is 8.03. The summed E-state index contributed by atoms with van der Waals surface area (Å²) < 4.78 is 18.1. The van der Waals surface area contributed by atoms with Crippen LogP contribution in [0.2, 0.25) is 0 Å². The van der Waals surface area contributed by atoms with Crippen LogP contribution in [-0.2, 0) is 24.9 Å². The van der Waals surface area contributed by atoms with Crippen molar-refractivity contribution < 1.29 is 23.5 Å². The number of aromatic nitrogens is 1. The van der Waals surface area contributed by atoms with E-state index in [1.54, 1.807) is 47.4 Å². The molecular formula is C25H31N3O5. The van der Waals surface area contributed by atoms with E-state index in [1.165, 1.54) is 7.11 Å². The SMILES string of the molecule is COc1ccc(C(=O)N(CC(=O)N(Cc2ccco2)Cc2cccn2C)C(C)C)c(OC)c1. The van der Waals surface area contributed by atoms with E-state index in [-0.39, 0.29) is 24.4 Å². The molecule has 8 nitrogen and oxygen atoms in total. The average molecular weight is 454 g/mol. The van der Waals surface area contributed by atoms with Crippen LogP contribution in [0, 0.1) is 0 Å². The first kappa shape index (κ1) is 24.0. The number of benzene rings is 1. The Kier molecular flexibility index (Phi) is 7.82. The molecular weight excluding hydrogens is 422 g/mol. The Morgan fingerprint density at radius 2 is 1.85 bits per heavy atom. The predicted octanol–water partition coefficient (Wildman–Crippen LogP) is 3.71. The van der Waals surface area contributed by atoms with E-state index in [9.17, 15) is 9.59 Å². The van der Waals surface area contributed by atoms with Gasteiger partial charge in [-0.2, -0.15) is 0 Å². The van der Waals surface area contributed by atoms with E-state index < -0.39 is 0 Å². The zero-order chi connectivity index (χ0) is 24.0. The second kappa shape index (κ2) is 10.8. The van der Waals surface area contributed by atoms with Crippen molar-refractivity contribution >= 4 is 11.8 Å². The third-order valence-electron chi connectivity index (χ3n) is 5.51. The van der Waals surface area contributed by atoms with Gasteiger partial charge in [0.05, 0.1) is 39.1 Å². The molecule has 3 rings (SSSR count). The third-order valence-corrected chi connectivity index (χ3v) is 5.51. The van der Waals surface area contributed by atoms with Gasteiger partial charge in [0.15, 0.2) is 0 Å². The number of hydrogen-bond donors (Lipinski definition) is 0. The molecule has 0 atom stereocenters. The summed E-state index contributed by atoms with van der Waals surface area (Å²) in [4.78, 5) is 30.1. The van der Waals surface area contributed by atoms with Crippen molar-refractivity contribution in [3.05, 3.63) is 71.9 Å². The topological polar surface area (TPSA) is 77.2 Å². The summed E-state index contributed by atoms with van der Waals surface area (Å²) in [5.74, 6) is 1.20. The number of nitrogens with zero attached hydrogens (tertiary/aromatic N) is 3. The van der Waals surface area contributed by atoms with E-state index >= 15 is 0 Å². The van der Waals surface area contributed by atoms with E-state index in [1.807, 2.05) is 49.9 Å². The van der Waals surface area contributed by atoms with E-state index in [0.717, 1.165) is 5.69 Å². The van der Waals surface area contributed by atoms with Gasteiger partial charge in [0, 0.05) is 31.0 Å². The normalized spacial score (nSPS) is 10.8. The van der Waals surface area contributed by atoms with Crippen LogP contribution in [-0.4, -0.2) is 53.0 Å². The minimum atomic E-state index is -0.283. The summed E-state index contributed by atoms with van der Waals surface area (Å²) >= 11 is 0. The van der Waals surface area contributed by atoms with Crippen molar-refractivity contribution in [1.29, 1.82) is 0 Å². The number of aryl methyl sites for hydroxylation is 1. The summed E-state index contributed by atoms with van der Waals surface area (Å²) in [6.07, 6.45) is 3.52. The molecule has 2 amide bonds. The first-order chi connectivity index (χ1) is 15.8. The van der Waals surface area contributed by atoms with Crippen LogP contribution in [0.1, 0.15) is 35.7 Å². The fourth-order valence-corrected chi connectivity index (χ4v) is 3.54. The molecule has 2 heterocycles. The van der Waals surface area contributed by atoms with Gasteiger partial charge in [-0.25, -0.2) is 0 Å². The molecule has 0 fully saturated rings. The predicted molar refractivity (Wildman–Crippen MR) is 124 cm³/mol. The molecule has 1 aromatic carbocycles. The smallest absolute Gasteiger partial charge is 0.258 e. The molecule has 0 radical (unpaired) electrons. The monoisotopic (exact) mass is 453 g/mol. The molecule has 0 saturated carbocycles. The fourth-order valence-electron chi connectivity index (χ4n) is 3.54. The Bertz CT molecular complexity index is 1070. The van der Waals surface area contributed by atoms with Crippen LogP contribution in [0.5, 0.6) is 11.5 Å². The first-order valence-electron chi connectivity index (χ1n) is 10.8. The molecule has 0 aliphatic carbocycles. The van der Waals surface area contributed by atoms with Crippen LogP contribution >= 0.6 is 0 Å². The Balaban J connectivity index is 1.84. The molecule has 8 heteroatoms. The summed E-state index contributed by atoms with van der Waals surface area (Å²) in [7, 11) is 4.99. The lowest BCUT2D eigenvalue weighted by Gasteiger charge is -2.30. The Morgan fingerprint density at radius 1 is 1.06 bits per heavy atom. The molecule has 176 valence electrons. The first-order valence-corrected chi connectivity index (χ1v) is 10.8. The van der Waals surface area contributed by atoms with E-state index in [4.69, 9.17) is 13.9 Å². The average Bonchev–Trinajstić information content (AvgIpc) is 3.47. The highest BCUT2D eigenvalue weighted by atomic mass is 16.5. The van der Waals surface area contributed by atoms with Crippen LogP contribution < -0.4 is 9.47 Å². The number of hydrogen-bond acceptors (Lipinski definition) is 5. The molecule has 0 bridgehead atoms. The van der Waals surface area contributed by atoms with Crippen molar-refractivity contribution in [2.75, 3.05) is 20.8 Å². The molecule has 0 N–H and O–H groups in total. The molecule has 0 spiro atoms. The summed E-state index contributed by atoms with van der Waals surface area (Å²) in [5.41, 5.74) is 1.36. The summed E-state index contributed by atoms with van der Waals surface area (Å²) in [5, 5.41) is 0. The zero-order valence-electron chi connectivity index (χ0n) is 19.8. The Morgan fingerprint density at radius 3 is 2.42 bits per heavy atom. The van der Waals surface area contributed by atoms with Crippen molar-refractivity contribution in [2.45, 2.75) is 33.0 Å². The van der Waals surface area contributed by atoms with Gasteiger partial charge in [0.2, 0.25) is 5.91 Å².